The van der Waals surface area contributed by atoms with Gasteiger partial charge in [0, 0.05) is 6.20 Å². The molecule has 0 amide bonds. The number of carboxylic acids is 1. The van der Waals surface area contributed by atoms with Gasteiger partial charge in [-0.2, -0.15) is 18.3 Å². The van der Waals surface area contributed by atoms with E-state index in [0.717, 1.165) is 0 Å². The predicted molar refractivity (Wildman–Crippen MR) is 67.2 cm³/mol. The zero-order valence-electron chi connectivity index (χ0n) is 11.5. The third-order valence-electron chi connectivity index (χ3n) is 3.72. The summed E-state index contributed by atoms with van der Waals surface area (Å²) in [5, 5.41) is 12.8. The molecule has 2 rings (SSSR count). The Labute approximate surface area is 123 Å². The second-order valence-electron chi connectivity index (χ2n) is 5.28. The minimum atomic E-state index is -4.96. The number of nitrogens with zero attached hydrogens (tertiary/aromatic N) is 2. The molecule has 1 fully saturated rings. The zero-order valence-corrected chi connectivity index (χ0v) is 11.5. The number of ether oxygens (including phenoxy) is 1. The molecule has 1 aliphatic rings. The van der Waals surface area contributed by atoms with Gasteiger partial charge in [-0.15, -0.1) is 0 Å². The van der Waals surface area contributed by atoms with Crippen molar-refractivity contribution >= 4 is 11.9 Å². The largest absolute Gasteiger partial charge is 0.490 e. The topological polar surface area (TPSA) is 81.4 Å². The molecule has 0 bridgehead atoms. The summed E-state index contributed by atoms with van der Waals surface area (Å²) in [6, 6.07) is 0.0164. The van der Waals surface area contributed by atoms with Crippen molar-refractivity contribution < 1.29 is 32.6 Å². The van der Waals surface area contributed by atoms with Gasteiger partial charge in [0.2, 0.25) is 0 Å². The molecule has 1 N–H and O–H groups in total. The first kappa shape index (κ1) is 16.3. The van der Waals surface area contributed by atoms with Crippen LogP contribution in [0.4, 0.5) is 13.2 Å². The van der Waals surface area contributed by atoms with Crippen LogP contribution in [-0.2, 0) is 9.53 Å². The first-order valence-electron chi connectivity index (χ1n) is 6.78. The summed E-state index contributed by atoms with van der Waals surface area (Å²) in [6.45, 7) is -0.245. The molecule has 1 heterocycles. The van der Waals surface area contributed by atoms with E-state index in [-0.39, 0.29) is 24.1 Å². The molecular weight excluding hydrogens is 305 g/mol. The van der Waals surface area contributed by atoms with Crippen LogP contribution in [-0.4, -0.2) is 39.6 Å². The molecule has 0 aromatic carbocycles. The van der Waals surface area contributed by atoms with E-state index < -0.39 is 18.1 Å². The van der Waals surface area contributed by atoms with Crippen molar-refractivity contribution in [3.63, 3.8) is 0 Å². The molecule has 1 aliphatic carbocycles. The first-order valence-corrected chi connectivity index (χ1v) is 6.78. The van der Waals surface area contributed by atoms with E-state index >= 15 is 0 Å². The van der Waals surface area contributed by atoms with E-state index in [1.54, 1.807) is 4.68 Å². The SMILES string of the molecule is O=C(O)c1cnn(C2CCC(COC(=O)C(F)(F)F)CC2)c1. The minimum Gasteiger partial charge on any atom is -0.478 e. The van der Waals surface area contributed by atoms with Gasteiger partial charge in [-0.3, -0.25) is 4.68 Å². The van der Waals surface area contributed by atoms with Gasteiger partial charge < -0.3 is 9.84 Å². The van der Waals surface area contributed by atoms with E-state index in [1.807, 2.05) is 0 Å². The van der Waals surface area contributed by atoms with Crippen LogP contribution >= 0.6 is 0 Å². The number of carbonyl (C=O) groups excluding carboxylic acids is 1. The van der Waals surface area contributed by atoms with E-state index in [0.29, 0.717) is 25.7 Å². The highest BCUT2D eigenvalue weighted by atomic mass is 19.4. The summed E-state index contributed by atoms with van der Waals surface area (Å²) in [5.41, 5.74) is 0.0984. The highest BCUT2D eigenvalue weighted by Crippen LogP contribution is 2.32. The van der Waals surface area contributed by atoms with Crippen molar-refractivity contribution in [3.8, 4) is 0 Å². The Kier molecular flexibility index (Phi) is 4.72. The number of halogens is 3. The molecule has 22 heavy (non-hydrogen) atoms. The number of carboxylic acid groups (broad SMARTS) is 1. The molecule has 0 unspecified atom stereocenters. The van der Waals surface area contributed by atoms with Crippen LogP contribution in [0.25, 0.3) is 0 Å². The van der Waals surface area contributed by atoms with Crippen molar-refractivity contribution in [1.29, 1.82) is 0 Å². The number of carbonyl (C=O) groups is 2. The van der Waals surface area contributed by atoms with Crippen LogP contribution in [0.3, 0.4) is 0 Å². The fourth-order valence-corrected chi connectivity index (χ4v) is 2.50. The third kappa shape index (κ3) is 3.99. The molecule has 0 saturated heterocycles. The summed E-state index contributed by atoms with van der Waals surface area (Å²) in [6.07, 6.45) is 0.232. The van der Waals surface area contributed by atoms with Crippen molar-refractivity contribution in [2.24, 2.45) is 5.92 Å². The number of hydrogen-bond acceptors (Lipinski definition) is 4. The molecular formula is C13H15F3N2O4. The molecule has 122 valence electrons. The lowest BCUT2D eigenvalue weighted by Crippen LogP contribution is -2.29. The van der Waals surface area contributed by atoms with Gasteiger partial charge in [0.1, 0.15) is 0 Å². The van der Waals surface area contributed by atoms with Crippen LogP contribution in [0.5, 0.6) is 0 Å². The lowest BCUT2D eigenvalue weighted by Gasteiger charge is -2.28. The van der Waals surface area contributed by atoms with Gasteiger partial charge in [-0.05, 0) is 31.6 Å². The predicted octanol–water partition coefficient (Wildman–Crippen LogP) is 2.42. The molecule has 1 aromatic rings. The number of aromatic carboxylic acids is 1. The standard InChI is InChI=1S/C13H15F3N2O4/c14-13(15,16)12(21)22-7-8-1-3-10(4-2-8)18-6-9(5-17-18)11(19)20/h5-6,8,10H,1-4,7H2,(H,19,20). The van der Waals surface area contributed by atoms with Gasteiger partial charge in [0.15, 0.2) is 0 Å². The molecule has 6 nitrogen and oxygen atoms in total. The third-order valence-corrected chi connectivity index (χ3v) is 3.72. The molecule has 1 aromatic heterocycles. The van der Waals surface area contributed by atoms with E-state index in [1.165, 1.54) is 12.4 Å². The van der Waals surface area contributed by atoms with Gasteiger partial charge in [0.25, 0.3) is 0 Å². The van der Waals surface area contributed by atoms with Gasteiger partial charge in [-0.1, -0.05) is 0 Å². The Morgan fingerprint density at radius 2 is 1.95 bits per heavy atom. The van der Waals surface area contributed by atoms with Crippen molar-refractivity contribution in [1.82, 2.24) is 9.78 Å². The van der Waals surface area contributed by atoms with Crippen LogP contribution in [0.15, 0.2) is 12.4 Å². The second-order valence-corrected chi connectivity index (χ2v) is 5.28. The van der Waals surface area contributed by atoms with Crippen LogP contribution in [0.1, 0.15) is 42.1 Å². The highest BCUT2D eigenvalue weighted by Gasteiger charge is 2.41. The maximum absolute atomic E-state index is 12.0. The molecule has 0 spiro atoms. The molecule has 1 saturated carbocycles. The van der Waals surface area contributed by atoms with Crippen LogP contribution < -0.4 is 0 Å². The lowest BCUT2D eigenvalue weighted by molar-refractivity contribution is -0.201. The Morgan fingerprint density at radius 3 is 2.45 bits per heavy atom. The zero-order chi connectivity index (χ0) is 16.3. The van der Waals surface area contributed by atoms with Gasteiger partial charge in [-0.25, -0.2) is 9.59 Å². The number of hydrogen-bond donors (Lipinski definition) is 1. The number of rotatable bonds is 4. The maximum Gasteiger partial charge on any atom is 0.490 e. The van der Waals surface area contributed by atoms with Crippen molar-refractivity contribution in [2.45, 2.75) is 37.9 Å². The summed E-state index contributed by atoms with van der Waals surface area (Å²) in [7, 11) is 0. The quantitative estimate of drug-likeness (QED) is 0.862. The summed E-state index contributed by atoms with van der Waals surface area (Å²) in [4.78, 5) is 21.4. The number of alkyl halides is 3. The van der Waals surface area contributed by atoms with E-state index in [4.69, 9.17) is 5.11 Å². The average molecular weight is 320 g/mol. The lowest BCUT2D eigenvalue weighted by atomic mass is 9.86. The van der Waals surface area contributed by atoms with E-state index in [2.05, 4.69) is 9.84 Å². The molecule has 0 atom stereocenters. The average Bonchev–Trinajstić information content (AvgIpc) is 2.94. The summed E-state index contributed by atoms with van der Waals surface area (Å²) in [5.74, 6) is -3.33. The summed E-state index contributed by atoms with van der Waals surface area (Å²) >= 11 is 0. The summed E-state index contributed by atoms with van der Waals surface area (Å²) < 4.78 is 41.9. The molecule has 0 radical (unpaired) electrons. The Morgan fingerprint density at radius 1 is 1.32 bits per heavy atom. The van der Waals surface area contributed by atoms with Crippen molar-refractivity contribution in [2.75, 3.05) is 6.61 Å². The molecule has 9 heteroatoms. The first-order chi connectivity index (χ1) is 10.3. The second kappa shape index (κ2) is 6.37. The Bertz CT molecular complexity index is 548. The monoisotopic (exact) mass is 320 g/mol. The fraction of sp³-hybridized carbons (Fsp3) is 0.615. The minimum absolute atomic E-state index is 0.0164. The Hall–Kier alpha value is -2.06. The van der Waals surface area contributed by atoms with Gasteiger partial charge in [0.05, 0.1) is 24.4 Å². The number of aromatic nitrogens is 2. The maximum atomic E-state index is 12.0. The highest BCUT2D eigenvalue weighted by molar-refractivity contribution is 5.86. The van der Waals surface area contributed by atoms with E-state index in [9.17, 15) is 22.8 Å². The van der Waals surface area contributed by atoms with Crippen LogP contribution in [0.2, 0.25) is 0 Å². The normalized spacial score (nSPS) is 22.3. The fourth-order valence-electron chi connectivity index (χ4n) is 2.50. The van der Waals surface area contributed by atoms with Crippen molar-refractivity contribution in [3.05, 3.63) is 18.0 Å². The molecule has 0 aliphatic heterocycles. The number of esters is 1. The Balaban J connectivity index is 1.80. The van der Waals surface area contributed by atoms with Gasteiger partial charge >= 0.3 is 18.1 Å². The van der Waals surface area contributed by atoms with Crippen LogP contribution in [0, 0.1) is 5.92 Å². The smallest absolute Gasteiger partial charge is 0.478 e.